The number of aryl methyl sites for hydroxylation is 1. The first-order valence-corrected chi connectivity index (χ1v) is 8.67. The third-order valence-electron chi connectivity index (χ3n) is 4.35. The Morgan fingerprint density at radius 3 is 2.67 bits per heavy atom. The minimum atomic E-state index is 0.458. The summed E-state index contributed by atoms with van der Waals surface area (Å²) in [5.41, 5.74) is 4.03. The summed E-state index contributed by atoms with van der Waals surface area (Å²) in [6.45, 7) is 2.21. The van der Waals surface area contributed by atoms with Crippen LogP contribution in [0, 0.1) is 0 Å². The lowest BCUT2D eigenvalue weighted by molar-refractivity contribution is 0.799. The molecule has 0 bridgehead atoms. The molecule has 2 aromatic heterocycles. The van der Waals surface area contributed by atoms with E-state index in [-0.39, 0.29) is 0 Å². The van der Waals surface area contributed by atoms with Crippen LogP contribution in [-0.2, 0) is 6.42 Å². The van der Waals surface area contributed by atoms with Gasteiger partial charge < -0.3 is 0 Å². The van der Waals surface area contributed by atoms with Crippen molar-refractivity contribution in [1.29, 1.82) is 0 Å². The Labute approximate surface area is 145 Å². The van der Waals surface area contributed by atoms with Crippen LogP contribution in [0.25, 0.3) is 27.5 Å². The van der Waals surface area contributed by atoms with Crippen LogP contribution in [0.15, 0.2) is 54.7 Å². The van der Waals surface area contributed by atoms with E-state index in [0.717, 1.165) is 34.9 Å². The molecule has 4 aromatic rings. The maximum Gasteiger partial charge on any atom is 0.157 e. The molecular formula is C20H18ClN3. The highest BCUT2D eigenvalue weighted by molar-refractivity contribution is 6.35. The molecule has 0 saturated carbocycles. The molecule has 3 nitrogen and oxygen atoms in total. The van der Waals surface area contributed by atoms with Crippen LogP contribution in [-0.4, -0.2) is 14.8 Å². The van der Waals surface area contributed by atoms with Crippen molar-refractivity contribution in [1.82, 2.24) is 14.8 Å². The van der Waals surface area contributed by atoms with Crippen molar-refractivity contribution in [2.45, 2.75) is 26.2 Å². The van der Waals surface area contributed by atoms with Gasteiger partial charge in [-0.15, -0.1) is 0 Å². The highest BCUT2D eigenvalue weighted by atomic mass is 35.5. The standard InChI is InChI=1S/C20H18ClN3/c1-2-3-8-14-9-7-12-17-18(14)16-13-24(15-10-5-4-6-11-15)23-19(16)20(21)22-17/h4-7,9-13H,2-3,8H2,1H3. The normalized spacial score (nSPS) is 11.4. The summed E-state index contributed by atoms with van der Waals surface area (Å²) in [5.74, 6) is 0. The van der Waals surface area contributed by atoms with Gasteiger partial charge in [0.05, 0.1) is 11.2 Å². The van der Waals surface area contributed by atoms with Gasteiger partial charge in [0.15, 0.2) is 5.15 Å². The van der Waals surface area contributed by atoms with E-state index in [1.807, 2.05) is 41.1 Å². The van der Waals surface area contributed by atoms with Gasteiger partial charge in [-0.1, -0.05) is 55.3 Å². The Balaban J connectivity index is 2.00. The number of pyridine rings is 1. The van der Waals surface area contributed by atoms with Gasteiger partial charge in [-0.25, -0.2) is 9.67 Å². The number of halogens is 1. The molecule has 2 aromatic carbocycles. The average Bonchev–Trinajstić information content (AvgIpc) is 3.06. The van der Waals surface area contributed by atoms with Gasteiger partial charge in [0, 0.05) is 17.0 Å². The van der Waals surface area contributed by atoms with Crippen molar-refractivity contribution < 1.29 is 0 Å². The molecule has 0 unspecified atom stereocenters. The fraction of sp³-hybridized carbons (Fsp3) is 0.200. The Bertz CT molecular complexity index is 1010. The smallest absolute Gasteiger partial charge is 0.157 e. The number of nitrogens with zero attached hydrogens (tertiary/aromatic N) is 3. The molecule has 0 spiro atoms. The van der Waals surface area contributed by atoms with Crippen LogP contribution in [0.3, 0.4) is 0 Å². The molecule has 2 heterocycles. The predicted molar refractivity (Wildman–Crippen MR) is 100.0 cm³/mol. The first kappa shape index (κ1) is 15.2. The van der Waals surface area contributed by atoms with Crippen LogP contribution in [0.2, 0.25) is 5.15 Å². The summed E-state index contributed by atoms with van der Waals surface area (Å²) in [4.78, 5) is 4.57. The van der Waals surface area contributed by atoms with Crippen molar-refractivity contribution in [2.75, 3.05) is 0 Å². The second-order valence-corrected chi connectivity index (χ2v) is 6.35. The average molecular weight is 336 g/mol. The summed E-state index contributed by atoms with van der Waals surface area (Å²) in [5, 5.41) is 7.38. The van der Waals surface area contributed by atoms with E-state index in [0.29, 0.717) is 5.15 Å². The molecule has 0 fully saturated rings. The Hall–Kier alpha value is -2.39. The van der Waals surface area contributed by atoms with Crippen molar-refractivity contribution in [3.8, 4) is 5.69 Å². The van der Waals surface area contributed by atoms with Gasteiger partial charge in [-0.2, -0.15) is 5.10 Å². The van der Waals surface area contributed by atoms with Crippen molar-refractivity contribution in [3.05, 3.63) is 65.4 Å². The maximum atomic E-state index is 6.41. The molecule has 120 valence electrons. The van der Waals surface area contributed by atoms with Crippen molar-refractivity contribution in [2.24, 2.45) is 0 Å². The van der Waals surface area contributed by atoms with Gasteiger partial charge >= 0.3 is 0 Å². The fourth-order valence-electron chi connectivity index (χ4n) is 3.15. The van der Waals surface area contributed by atoms with Crippen molar-refractivity contribution in [3.63, 3.8) is 0 Å². The van der Waals surface area contributed by atoms with E-state index < -0.39 is 0 Å². The summed E-state index contributed by atoms with van der Waals surface area (Å²) in [6, 6.07) is 16.4. The second-order valence-electron chi connectivity index (χ2n) is 5.99. The molecule has 4 rings (SSSR count). The Kier molecular flexibility index (Phi) is 3.95. The van der Waals surface area contributed by atoms with Gasteiger partial charge in [0.1, 0.15) is 5.52 Å². The largest absolute Gasteiger partial charge is 0.240 e. The molecule has 0 saturated heterocycles. The minimum Gasteiger partial charge on any atom is -0.240 e. The lowest BCUT2D eigenvalue weighted by atomic mass is 10.0. The lowest BCUT2D eigenvalue weighted by Crippen LogP contribution is -1.93. The first-order chi connectivity index (χ1) is 11.8. The van der Waals surface area contributed by atoms with E-state index >= 15 is 0 Å². The number of hydrogen-bond donors (Lipinski definition) is 0. The third kappa shape index (κ3) is 2.55. The van der Waals surface area contributed by atoms with E-state index in [4.69, 9.17) is 11.6 Å². The zero-order valence-corrected chi connectivity index (χ0v) is 14.3. The summed E-state index contributed by atoms with van der Waals surface area (Å²) in [7, 11) is 0. The molecule has 0 aliphatic heterocycles. The molecule has 0 aliphatic carbocycles. The van der Waals surface area contributed by atoms with Gasteiger partial charge in [-0.3, -0.25) is 0 Å². The lowest BCUT2D eigenvalue weighted by Gasteiger charge is -2.07. The zero-order valence-electron chi connectivity index (χ0n) is 13.5. The molecule has 0 aliphatic rings. The van der Waals surface area contributed by atoms with E-state index in [9.17, 15) is 0 Å². The summed E-state index contributed by atoms with van der Waals surface area (Å²) in [6.07, 6.45) is 5.44. The van der Waals surface area contributed by atoms with Crippen molar-refractivity contribution >= 4 is 33.4 Å². The number of hydrogen-bond acceptors (Lipinski definition) is 2. The molecule has 0 atom stereocenters. The quantitative estimate of drug-likeness (QED) is 0.456. The number of benzene rings is 2. The third-order valence-corrected chi connectivity index (χ3v) is 4.61. The number of para-hydroxylation sites is 1. The molecule has 0 radical (unpaired) electrons. The molecule has 4 heteroatoms. The number of fused-ring (bicyclic) bond motifs is 3. The van der Waals surface area contributed by atoms with E-state index in [2.05, 4.69) is 35.3 Å². The van der Waals surface area contributed by atoms with Crippen LogP contribution in [0.4, 0.5) is 0 Å². The van der Waals surface area contributed by atoms with E-state index in [1.165, 1.54) is 17.4 Å². The Morgan fingerprint density at radius 2 is 1.88 bits per heavy atom. The van der Waals surface area contributed by atoms with Gasteiger partial charge in [0.25, 0.3) is 0 Å². The van der Waals surface area contributed by atoms with E-state index in [1.54, 1.807) is 0 Å². The van der Waals surface area contributed by atoms with Crippen LogP contribution in [0.5, 0.6) is 0 Å². The topological polar surface area (TPSA) is 30.7 Å². The number of rotatable bonds is 4. The predicted octanol–water partition coefficient (Wildman–Crippen LogP) is 5.57. The molecule has 0 N–H and O–H groups in total. The second kappa shape index (κ2) is 6.25. The summed E-state index contributed by atoms with van der Waals surface area (Å²) >= 11 is 6.41. The minimum absolute atomic E-state index is 0.458. The van der Waals surface area contributed by atoms with Gasteiger partial charge in [0.2, 0.25) is 0 Å². The number of aromatic nitrogens is 3. The SMILES string of the molecule is CCCCc1cccc2nc(Cl)c3nn(-c4ccccc4)cc3c12. The summed E-state index contributed by atoms with van der Waals surface area (Å²) < 4.78 is 1.88. The molecule has 0 amide bonds. The fourth-order valence-corrected chi connectivity index (χ4v) is 3.38. The highest BCUT2D eigenvalue weighted by Crippen LogP contribution is 2.32. The van der Waals surface area contributed by atoms with Crippen LogP contribution in [0.1, 0.15) is 25.3 Å². The maximum absolute atomic E-state index is 6.41. The molecule has 24 heavy (non-hydrogen) atoms. The van der Waals surface area contributed by atoms with Crippen LogP contribution >= 0.6 is 11.6 Å². The van der Waals surface area contributed by atoms with Crippen LogP contribution < -0.4 is 0 Å². The first-order valence-electron chi connectivity index (χ1n) is 8.30. The Morgan fingerprint density at radius 1 is 1.04 bits per heavy atom. The number of unbranched alkanes of at least 4 members (excludes halogenated alkanes) is 1. The monoisotopic (exact) mass is 335 g/mol. The zero-order chi connectivity index (χ0) is 16.5. The molecular weight excluding hydrogens is 318 g/mol. The van der Waals surface area contributed by atoms with Gasteiger partial charge in [-0.05, 0) is 36.6 Å². The highest BCUT2D eigenvalue weighted by Gasteiger charge is 2.14.